The van der Waals surface area contributed by atoms with E-state index in [1.165, 1.54) is 18.3 Å². The second-order valence-electron chi connectivity index (χ2n) is 6.29. The maximum atomic E-state index is 14.7. The van der Waals surface area contributed by atoms with Gasteiger partial charge in [0.15, 0.2) is 0 Å². The number of halogens is 5. The van der Waals surface area contributed by atoms with Crippen LogP contribution in [-0.2, 0) is 0 Å². The Bertz CT molecular complexity index is 1310. The van der Waals surface area contributed by atoms with Crippen LogP contribution in [0.25, 0.3) is 22.2 Å². The second-order valence-corrected chi connectivity index (χ2v) is 7.49. The number of benzene rings is 2. The fourth-order valence-electron chi connectivity index (χ4n) is 2.88. The Hall–Kier alpha value is -2.80. The second kappa shape index (κ2) is 8.14. The lowest BCUT2D eigenvalue weighted by atomic mass is 10.0. The van der Waals surface area contributed by atoms with E-state index in [0.717, 1.165) is 18.2 Å². The van der Waals surface area contributed by atoms with Crippen LogP contribution in [0, 0.1) is 11.6 Å². The molecular weight excluding hydrogens is 455 g/mol. The van der Waals surface area contributed by atoms with E-state index in [2.05, 4.69) is 15.3 Å². The van der Waals surface area contributed by atoms with Gasteiger partial charge in [0.05, 0.1) is 38.5 Å². The van der Waals surface area contributed by atoms with E-state index >= 15 is 0 Å². The van der Waals surface area contributed by atoms with Crippen LogP contribution in [0.2, 0.25) is 15.2 Å². The molecule has 0 atom stereocenters. The third kappa shape index (κ3) is 4.07. The van der Waals surface area contributed by atoms with E-state index < -0.39 is 17.5 Å². The van der Waals surface area contributed by atoms with E-state index in [-0.39, 0.29) is 31.9 Å². The lowest BCUT2D eigenvalue weighted by molar-refractivity contribution is 0.102. The zero-order valence-electron chi connectivity index (χ0n) is 14.9. The molecule has 4 aromatic rings. The van der Waals surface area contributed by atoms with Gasteiger partial charge < -0.3 is 5.32 Å². The van der Waals surface area contributed by atoms with Crippen LogP contribution in [0.1, 0.15) is 10.4 Å². The molecule has 30 heavy (non-hydrogen) atoms. The van der Waals surface area contributed by atoms with Crippen molar-refractivity contribution in [2.45, 2.75) is 0 Å². The summed E-state index contributed by atoms with van der Waals surface area (Å²) in [7, 11) is 0. The summed E-state index contributed by atoms with van der Waals surface area (Å²) in [6.07, 6.45) is 1.44. The number of carbonyl (C=O) groups excluding carboxylic acids is 1. The van der Waals surface area contributed by atoms with Crippen LogP contribution >= 0.6 is 34.8 Å². The summed E-state index contributed by atoms with van der Waals surface area (Å²) in [5.41, 5.74) is 1.64. The first-order valence-electron chi connectivity index (χ1n) is 8.50. The number of rotatable bonds is 3. The van der Waals surface area contributed by atoms with Gasteiger partial charge >= 0.3 is 0 Å². The number of nitrogens with one attached hydrogen (secondary N) is 1. The number of hydrogen-bond donors (Lipinski definition) is 1. The number of anilines is 1. The van der Waals surface area contributed by atoms with Crippen molar-refractivity contribution in [1.82, 2.24) is 9.97 Å². The number of fused-ring (bicyclic) bond motifs is 1. The number of amides is 1. The molecule has 0 aliphatic carbocycles. The van der Waals surface area contributed by atoms with Crippen LogP contribution in [0.4, 0.5) is 14.5 Å². The molecule has 9 heteroatoms. The molecule has 150 valence electrons. The number of pyridine rings is 2. The van der Waals surface area contributed by atoms with Crippen molar-refractivity contribution in [1.29, 1.82) is 0 Å². The molecule has 2 aromatic carbocycles. The smallest absolute Gasteiger partial charge is 0.257 e. The van der Waals surface area contributed by atoms with Crippen LogP contribution in [0.15, 0.2) is 54.7 Å². The van der Waals surface area contributed by atoms with Crippen molar-refractivity contribution in [2.24, 2.45) is 0 Å². The maximum absolute atomic E-state index is 14.7. The van der Waals surface area contributed by atoms with Crippen LogP contribution in [-0.4, -0.2) is 15.9 Å². The Balaban J connectivity index is 1.65. The van der Waals surface area contributed by atoms with E-state index in [1.807, 2.05) is 0 Å². The zero-order valence-corrected chi connectivity index (χ0v) is 17.2. The molecule has 0 radical (unpaired) electrons. The van der Waals surface area contributed by atoms with Gasteiger partial charge in [-0.25, -0.2) is 13.8 Å². The lowest BCUT2D eigenvalue weighted by Gasteiger charge is -2.11. The minimum atomic E-state index is -0.733. The van der Waals surface area contributed by atoms with Gasteiger partial charge in [0.1, 0.15) is 16.8 Å². The highest BCUT2D eigenvalue weighted by atomic mass is 35.5. The van der Waals surface area contributed by atoms with Gasteiger partial charge in [-0.15, -0.1) is 0 Å². The molecule has 0 unspecified atom stereocenters. The van der Waals surface area contributed by atoms with Crippen molar-refractivity contribution >= 4 is 57.4 Å². The topological polar surface area (TPSA) is 54.9 Å². The zero-order chi connectivity index (χ0) is 21.4. The number of hydrogen-bond acceptors (Lipinski definition) is 3. The molecule has 2 aromatic heterocycles. The Labute approximate surface area is 184 Å². The Morgan fingerprint density at radius 3 is 2.43 bits per heavy atom. The molecule has 0 aliphatic heterocycles. The van der Waals surface area contributed by atoms with Gasteiger partial charge in [0.25, 0.3) is 5.91 Å². The number of aromatic nitrogens is 2. The van der Waals surface area contributed by atoms with Crippen molar-refractivity contribution in [3.63, 3.8) is 0 Å². The summed E-state index contributed by atoms with van der Waals surface area (Å²) in [5.74, 6) is -1.92. The first-order valence-corrected chi connectivity index (χ1v) is 9.63. The fourth-order valence-corrected chi connectivity index (χ4v) is 3.56. The van der Waals surface area contributed by atoms with E-state index in [4.69, 9.17) is 34.8 Å². The van der Waals surface area contributed by atoms with Gasteiger partial charge in [-0.1, -0.05) is 34.8 Å². The van der Waals surface area contributed by atoms with Gasteiger partial charge in [0, 0.05) is 11.1 Å². The third-order valence-corrected chi connectivity index (χ3v) is 5.12. The molecule has 1 amide bonds. The van der Waals surface area contributed by atoms with Crippen molar-refractivity contribution in [3.05, 3.63) is 87.1 Å². The maximum Gasteiger partial charge on any atom is 0.257 e. The van der Waals surface area contributed by atoms with Crippen molar-refractivity contribution < 1.29 is 13.6 Å². The van der Waals surface area contributed by atoms with E-state index in [0.29, 0.717) is 16.7 Å². The van der Waals surface area contributed by atoms with Crippen molar-refractivity contribution in [2.75, 3.05) is 5.32 Å². The summed E-state index contributed by atoms with van der Waals surface area (Å²) in [6, 6.07) is 10.7. The van der Waals surface area contributed by atoms with Crippen LogP contribution < -0.4 is 5.32 Å². The number of nitrogens with zero attached hydrogens (tertiary/aromatic N) is 2. The highest BCUT2D eigenvalue weighted by molar-refractivity contribution is 6.35. The highest BCUT2D eigenvalue weighted by Crippen LogP contribution is 2.34. The average Bonchev–Trinajstić information content (AvgIpc) is 2.69. The monoisotopic (exact) mass is 463 g/mol. The van der Waals surface area contributed by atoms with E-state index in [1.54, 1.807) is 18.2 Å². The quantitative estimate of drug-likeness (QED) is 0.340. The van der Waals surface area contributed by atoms with Crippen LogP contribution in [0.5, 0.6) is 0 Å². The molecule has 4 rings (SSSR count). The SMILES string of the molecule is O=C(Nc1cnc2ccc(Cl)nc2c1)c1cc(F)c(-c2ccc(F)cc2Cl)cc1Cl. The molecular formula is C21H10Cl3F2N3O. The Morgan fingerprint density at radius 1 is 0.867 bits per heavy atom. The highest BCUT2D eigenvalue weighted by Gasteiger charge is 2.18. The van der Waals surface area contributed by atoms with Gasteiger partial charge in [-0.05, 0) is 48.5 Å². The summed E-state index contributed by atoms with van der Waals surface area (Å²) in [4.78, 5) is 21.0. The normalized spacial score (nSPS) is 11.0. The van der Waals surface area contributed by atoms with Gasteiger partial charge in [0.2, 0.25) is 0 Å². The van der Waals surface area contributed by atoms with E-state index in [9.17, 15) is 13.6 Å². The minimum Gasteiger partial charge on any atom is -0.320 e. The summed E-state index contributed by atoms with van der Waals surface area (Å²) in [6.45, 7) is 0. The number of carbonyl (C=O) groups is 1. The molecule has 0 saturated heterocycles. The van der Waals surface area contributed by atoms with Gasteiger partial charge in [-0.3, -0.25) is 9.78 Å². The summed E-state index contributed by atoms with van der Waals surface area (Å²) >= 11 is 18.1. The Kier molecular flexibility index (Phi) is 5.56. The third-order valence-electron chi connectivity index (χ3n) is 4.28. The fraction of sp³-hybridized carbons (Fsp3) is 0. The Morgan fingerprint density at radius 2 is 1.67 bits per heavy atom. The first-order chi connectivity index (χ1) is 14.3. The predicted molar refractivity (Wildman–Crippen MR) is 114 cm³/mol. The largest absolute Gasteiger partial charge is 0.320 e. The van der Waals surface area contributed by atoms with Gasteiger partial charge in [-0.2, -0.15) is 0 Å². The molecule has 2 heterocycles. The molecule has 0 spiro atoms. The molecule has 1 N–H and O–H groups in total. The van der Waals surface area contributed by atoms with Crippen molar-refractivity contribution in [3.8, 4) is 11.1 Å². The first kappa shape index (κ1) is 20.5. The molecule has 0 bridgehead atoms. The predicted octanol–water partition coefficient (Wildman–Crippen LogP) is 6.79. The lowest BCUT2D eigenvalue weighted by Crippen LogP contribution is -2.13. The standard InChI is InChI=1S/C21H10Cl3F2N3O/c22-15-5-10(25)1-2-12(15)13-7-16(23)14(8-17(13)26)21(30)28-11-6-19-18(27-9-11)3-4-20(24)29-19/h1-9H,(H,28,30). The molecule has 0 aliphatic rings. The molecule has 0 saturated carbocycles. The minimum absolute atomic E-state index is 0.000732. The average molecular weight is 465 g/mol. The van der Waals surface area contributed by atoms with Crippen LogP contribution in [0.3, 0.4) is 0 Å². The molecule has 0 fully saturated rings. The summed E-state index contributed by atoms with van der Waals surface area (Å²) < 4.78 is 28.0. The molecule has 4 nitrogen and oxygen atoms in total. The summed E-state index contributed by atoms with van der Waals surface area (Å²) in [5, 5.41) is 2.91.